The van der Waals surface area contributed by atoms with Crippen molar-refractivity contribution in [2.75, 3.05) is 6.54 Å². The van der Waals surface area contributed by atoms with E-state index in [1.807, 2.05) is 0 Å². The second kappa shape index (κ2) is 5.48. The van der Waals surface area contributed by atoms with E-state index in [0.29, 0.717) is 12.8 Å². The van der Waals surface area contributed by atoms with E-state index >= 15 is 0 Å². The minimum Gasteiger partial charge on any atom is -0.389 e. The molecule has 0 saturated heterocycles. The molecule has 0 unspecified atom stereocenters. The van der Waals surface area contributed by atoms with Gasteiger partial charge in [0.1, 0.15) is 22.3 Å². The number of halogens is 1. The molecule has 2 rings (SSSR count). The molecule has 20 heavy (non-hydrogen) atoms. The molecule has 0 spiro atoms. The first-order chi connectivity index (χ1) is 9.38. The van der Waals surface area contributed by atoms with Crippen LogP contribution in [0.15, 0.2) is 23.1 Å². The number of nitriles is 1. The quantitative estimate of drug-likeness (QED) is 0.876. The summed E-state index contributed by atoms with van der Waals surface area (Å²) in [6.45, 7) is -0.128. The van der Waals surface area contributed by atoms with Crippen LogP contribution in [-0.4, -0.2) is 25.7 Å². The van der Waals surface area contributed by atoms with Crippen LogP contribution in [0.25, 0.3) is 0 Å². The van der Waals surface area contributed by atoms with E-state index in [0.717, 1.165) is 18.9 Å². The predicted octanol–water partition coefficient (Wildman–Crippen LogP) is 1.28. The zero-order valence-electron chi connectivity index (χ0n) is 10.8. The smallest absolute Gasteiger partial charge is 0.242 e. The summed E-state index contributed by atoms with van der Waals surface area (Å²) in [4.78, 5) is -0.401. The fourth-order valence-corrected chi connectivity index (χ4v) is 3.64. The van der Waals surface area contributed by atoms with E-state index in [9.17, 15) is 17.9 Å². The van der Waals surface area contributed by atoms with Crippen molar-refractivity contribution in [3.05, 3.63) is 29.6 Å². The molecule has 5 nitrogen and oxygen atoms in total. The topological polar surface area (TPSA) is 90.2 Å². The minimum absolute atomic E-state index is 0.128. The second-order valence-corrected chi connectivity index (χ2v) is 6.72. The molecule has 108 valence electrons. The zero-order chi connectivity index (χ0) is 14.8. The Morgan fingerprint density at radius 2 is 2.05 bits per heavy atom. The van der Waals surface area contributed by atoms with Crippen molar-refractivity contribution in [3.63, 3.8) is 0 Å². The van der Waals surface area contributed by atoms with E-state index in [2.05, 4.69) is 4.72 Å². The molecule has 0 atom stereocenters. The van der Waals surface area contributed by atoms with Crippen LogP contribution in [0.2, 0.25) is 0 Å². The molecule has 1 aromatic carbocycles. The van der Waals surface area contributed by atoms with Crippen LogP contribution in [0.1, 0.15) is 31.2 Å². The van der Waals surface area contributed by atoms with Gasteiger partial charge in [-0.2, -0.15) is 5.26 Å². The van der Waals surface area contributed by atoms with Gasteiger partial charge < -0.3 is 5.11 Å². The summed E-state index contributed by atoms with van der Waals surface area (Å²) >= 11 is 0. The molecule has 0 amide bonds. The van der Waals surface area contributed by atoms with Gasteiger partial charge in [0.15, 0.2) is 0 Å². The fraction of sp³-hybridized carbons (Fsp3) is 0.462. The van der Waals surface area contributed by atoms with Gasteiger partial charge in [0.2, 0.25) is 10.0 Å². The Kier molecular flexibility index (Phi) is 4.09. The normalized spacial score (nSPS) is 17.9. The number of hydrogen-bond acceptors (Lipinski definition) is 4. The average Bonchev–Trinajstić information content (AvgIpc) is 2.84. The molecule has 1 saturated carbocycles. The van der Waals surface area contributed by atoms with Crippen molar-refractivity contribution in [3.8, 4) is 6.07 Å². The predicted molar refractivity (Wildman–Crippen MR) is 69.7 cm³/mol. The number of benzene rings is 1. The lowest BCUT2D eigenvalue weighted by Gasteiger charge is -2.22. The summed E-state index contributed by atoms with van der Waals surface area (Å²) in [5, 5.41) is 19.0. The monoisotopic (exact) mass is 298 g/mol. The first-order valence-electron chi connectivity index (χ1n) is 6.29. The molecule has 2 N–H and O–H groups in total. The Morgan fingerprint density at radius 3 is 2.65 bits per heavy atom. The van der Waals surface area contributed by atoms with Crippen molar-refractivity contribution < 1.29 is 17.9 Å². The van der Waals surface area contributed by atoms with Crippen LogP contribution in [0.3, 0.4) is 0 Å². The molecule has 1 aliphatic rings. The van der Waals surface area contributed by atoms with E-state index in [1.165, 1.54) is 12.1 Å². The van der Waals surface area contributed by atoms with Gasteiger partial charge in [0.05, 0.1) is 5.60 Å². The van der Waals surface area contributed by atoms with Crippen LogP contribution in [-0.2, 0) is 10.0 Å². The first-order valence-corrected chi connectivity index (χ1v) is 7.77. The number of hydrogen-bond donors (Lipinski definition) is 2. The highest BCUT2D eigenvalue weighted by molar-refractivity contribution is 7.89. The summed E-state index contributed by atoms with van der Waals surface area (Å²) in [6, 6.07) is 4.98. The van der Waals surface area contributed by atoms with Gasteiger partial charge in [-0.3, -0.25) is 0 Å². The molecule has 7 heteroatoms. The average molecular weight is 298 g/mol. The molecule has 1 fully saturated rings. The highest BCUT2D eigenvalue weighted by Crippen LogP contribution is 2.29. The van der Waals surface area contributed by atoms with E-state index < -0.39 is 31.9 Å². The van der Waals surface area contributed by atoms with Gasteiger partial charge in [-0.15, -0.1) is 0 Å². The van der Waals surface area contributed by atoms with Crippen molar-refractivity contribution in [1.82, 2.24) is 4.72 Å². The number of nitrogens with zero attached hydrogens (tertiary/aromatic N) is 1. The lowest BCUT2D eigenvalue weighted by molar-refractivity contribution is 0.0532. The van der Waals surface area contributed by atoms with Crippen molar-refractivity contribution in [2.24, 2.45) is 0 Å². The van der Waals surface area contributed by atoms with Crippen molar-refractivity contribution in [2.45, 2.75) is 36.2 Å². The minimum atomic E-state index is -4.02. The second-order valence-electron chi connectivity index (χ2n) is 4.98. The largest absolute Gasteiger partial charge is 0.389 e. The number of sulfonamides is 1. The molecule has 0 bridgehead atoms. The van der Waals surface area contributed by atoms with Gasteiger partial charge in [0, 0.05) is 6.54 Å². The molecule has 1 aliphatic carbocycles. The first kappa shape index (κ1) is 14.9. The Balaban J connectivity index is 2.23. The third-order valence-corrected chi connectivity index (χ3v) is 4.95. The summed E-state index contributed by atoms with van der Waals surface area (Å²) in [5.41, 5.74) is -1.56. The van der Waals surface area contributed by atoms with Gasteiger partial charge in [-0.05, 0) is 25.0 Å². The fourth-order valence-electron chi connectivity index (χ4n) is 2.35. The van der Waals surface area contributed by atoms with E-state index in [4.69, 9.17) is 5.26 Å². The molecule has 1 aromatic rings. The Morgan fingerprint density at radius 1 is 1.40 bits per heavy atom. The molecule has 0 aliphatic heterocycles. The molecule has 0 aromatic heterocycles. The molecule has 0 radical (unpaired) electrons. The maximum Gasteiger partial charge on any atom is 0.242 e. The van der Waals surface area contributed by atoms with Gasteiger partial charge >= 0.3 is 0 Å². The van der Waals surface area contributed by atoms with Crippen LogP contribution < -0.4 is 4.72 Å². The number of aliphatic hydroxyl groups is 1. The van der Waals surface area contributed by atoms with Gasteiger partial charge in [-0.1, -0.05) is 18.9 Å². The summed E-state index contributed by atoms with van der Waals surface area (Å²) in [5.74, 6) is -0.880. The zero-order valence-corrected chi connectivity index (χ0v) is 11.6. The van der Waals surface area contributed by atoms with Crippen LogP contribution in [0, 0.1) is 17.1 Å². The summed E-state index contributed by atoms with van der Waals surface area (Å²) in [7, 11) is -4.02. The highest BCUT2D eigenvalue weighted by Gasteiger charge is 2.33. The lowest BCUT2D eigenvalue weighted by atomic mass is 10.0. The van der Waals surface area contributed by atoms with Gasteiger partial charge in [0.25, 0.3) is 0 Å². The van der Waals surface area contributed by atoms with Crippen molar-refractivity contribution in [1.29, 1.82) is 5.26 Å². The van der Waals surface area contributed by atoms with Crippen molar-refractivity contribution >= 4 is 10.0 Å². The molecule has 0 heterocycles. The maximum absolute atomic E-state index is 13.4. The van der Waals surface area contributed by atoms with Crippen LogP contribution >= 0.6 is 0 Å². The van der Waals surface area contributed by atoms with E-state index in [-0.39, 0.29) is 6.54 Å². The Bertz CT molecular complexity index is 646. The lowest BCUT2D eigenvalue weighted by Crippen LogP contribution is -2.40. The molecular formula is C13H15FN2O3S. The Hall–Kier alpha value is -1.49. The Labute approximate surface area is 117 Å². The summed E-state index contributed by atoms with van der Waals surface area (Å²) < 4.78 is 39.9. The highest BCUT2D eigenvalue weighted by atomic mass is 32.2. The van der Waals surface area contributed by atoms with Gasteiger partial charge in [-0.25, -0.2) is 17.5 Å². The SMILES string of the molecule is N#Cc1c(F)cccc1S(=O)(=O)NCC1(O)CCCC1. The van der Waals surface area contributed by atoms with Crippen LogP contribution in [0.5, 0.6) is 0 Å². The number of rotatable bonds is 4. The van der Waals surface area contributed by atoms with E-state index in [1.54, 1.807) is 6.07 Å². The van der Waals surface area contributed by atoms with Crippen LogP contribution in [0.4, 0.5) is 4.39 Å². The summed E-state index contributed by atoms with van der Waals surface area (Å²) in [6.07, 6.45) is 2.76. The third-order valence-electron chi connectivity index (χ3n) is 3.50. The third kappa shape index (κ3) is 2.98. The molecular weight excluding hydrogens is 283 g/mol. The standard InChI is InChI=1S/C13H15FN2O3S/c14-11-4-3-5-12(10(11)8-15)20(18,19)16-9-13(17)6-1-2-7-13/h3-5,16-17H,1-2,6-7,9H2. The maximum atomic E-state index is 13.4. The number of nitrogens with one attached hydrogen (secondary N) is 1.